The van der Waals surface area contributed by atoms with Gasteiger partial charge in [-0.25, -0.2) is 4.99 Å². The zero-order valence-electron chi connectivity index (χ0n) is 19.7. The van der Waals surface area contributed by atoms with Crippen LogP contribution < -0.4 is 10.6 Å². The van der Waals surface area contributed by atoms with Crippen LogP contribution in [0.2, 0.25) is 0 Å². The molecule has 1 aliphatic rings. The zero-order chi connectivity index (χ0) is 21.8. The molecule has 1 saturated heterocycles. The van der Waals surface area contributed by atoms with Gasteiger partial charge in [-0.3, -0.25) is 9.69 Å². The Labute approximate surface area is 205 Å². The van der Waals surface area contributed by atoms with Gasteiger partial charge in [0.2, 0.25) is 5.91 Å². The summed E-state index contributed by atoms with van der Waals surface area (Å²) in [6.45, 7) is 15.2. The van der Waals surface area contributed by atoms with Gasteiger partial charge in [0.05, 0.1) is 6.54 Å². The standard InChI is InChI=1S/C23H40N6O.HI/c1-5-24-23(25-13-12-22(30)29(6-2)7-3)26-18-20-8-10-21(11-9-20)19-28-16-14-27(4)15-17-28;/h8-11H,5-7,12-19H2,1-4H3,(H2,24,25,26);1H. The monoisotopic (exact) mass is 544 g/mol. The molecular formula is C23H41IN6O. The Bertz CT molecular complexity index is 655. The summed E-state index contributed by atoms with van der Waals surface area (Å²) in [6.07, 6.45) is 0.479. The van der Waals surface area contributed by atoms with Crippen molar-refractivity contribution in [2.24, 2.45) is 4.99 Å². The second kappa shape index (κ2) is 15.4. The van der Waals surface area contributed by atoms with E-state index in [-0.39, 0.29) is 29.9 Å². The van der Waals surface area contributed by atoms with Gasteiger partial charge in [0, 0.05) is 65.3 Å². The fraction of sp³-hybridized carbons (Fsp3) is 0.652. The molecule has 1 fully saturated rings. The Balaban J connectivity index is 0.00000480. The number of benzene rings is 1. The van der Waals surface area contributed by atoms with Gasteiger partial charge in [-0.05, 0) is 38.9 Å². The van der Waals surface area contributed by atoms with Crippen LogP contribution in [-0.4, -0.2) is 86.0 Å². The van der Waals surface area contributed by atoms with E-state index in [4.69, 9.17) is 0 Å². The van der Waals surface area contributed by atoms with Crippen LogP contribution in [0.25, 0.3) is 0 Å². The molecule has 2 rings (SSSR count). The predicted molar refractivity (Wildman–Crippen MR) is 140 cm³/mol. The van der Waals surface area contributed by atoms with Crippen LogP contribution in [0.1, 0.15) is 38.3 Å². The number of piperazine rings is 1. The number of nitrogens with one attached hydrogen (secondary N) is 2. The molecule has 1 heterocycles. The topological polar surface area (TPSA) is 63.2 Å². The SMILES string of the molecule is CCNC(=NCc1ccc(CN2CCN(C)CC2)cc1)NCCC(=O)N(CC)CC.I. The van der Waals surface area contributed by atoms with Crippen molar-refractivity contribution in [1.82, 2.24) is 25.3 Å². The third-order valence-corrected chi connectivity index (χ3v) is 5.54. The molecular weight excluding hydrogens is 503 g/mol. The first-order chi connectivity index (χ1) is 14.5. The van der Waals surface area contributed by atoms with E-state index in [2.05, 4.69) is 56.7 Å². The maximum atomic E-state index is 12.1. The normalized spacial score (nSPS) is 15.3. The molecule has 0 aromatic heterocycles. The number of carbonyl (C=O) groups is 1. The molecule has 0 unspecified atom stereocenters. The second-order valence-corrected chi connectivity index (χ2v) is 7.83. The van der Waals surface area contributed by atoms with E-state index in [0.717, 1.165) is 58.3 Å². The summed E-state index contributed by atoms with van der Waals surface area (Å²) < 4.78 is 0. The summed E-state index contributed by atoms with van der Waals surface area (Å²) in [5, 5.41) is 6.53. The number of hydrogen-bond acceptors (Lipinski definition) is 4. The molecule has 8 heteroatoms. The lowest BCUT2D eigenvalue weighted by Gasteiger charge is -2.32. The average Bonchev–Trinajstić information content (AvgIpc) is 2.75. The summed E-state index contributed by atoms with van der Waals surface area (Å²) >= 11 is 0. The predicted octanol–water partition coefficient (Wildman–Crippen LogP) is 2.37. The molecule has 1 aromatic carbocycles. The van der Waals surface area contributed by atoms with Crippen molar-refractivity contribution in [2.75, 3.05) is 59.4 Å². The van der Waals surface area contributed by atoms with Crippen molar-refractivity contribution >= 4 is 35.8 Å². The number of rotatable bonds is 10. The number of likely N-dealkylation sites (N-methyl/N-ethyl adjacent to an activating group) is 1. The van der Waals surface area contributed by atoms with Crippen LogP contribution in [0.5, 0.6) is 0 Å². The maximum Gasteiger partial charge on any atom is 0.224 e. The number of aliphatic imine (C=N–C) groups is 1. The molecule has 0 atom stereocenters. The number of guanidine groups is 1. The number of carbonyl (C=O) groups excluding carboxylic acids is 1. The Morgan fingerprint density at radius 1 is 1.00 bits per heavy atom. The lowest BCUT2D eigenvalue weighted by molar-refractivity contribution is -0.130. The highest BCUT2D eigenvalue weighted by molar-refractivity contribution is 14.0. The van der Waals surface area contributed by atoms with Gasteiger partial charge in [0.1, 0.15) is 0 Å². The van der Waals surface area contributed by atoms with E-state index in [1.165, 1.54) is 11.1 Å². The summed E-state index contributed by atoms with van der Waals surface area (Å²) in [7, 11) is 2.19. The lowest BCUT2D eigenvalue weighted by atomic mass is 10.1. The van der Waals surface area contributed by atoms with E-state index in [1.54, 1.807) is 0 Å². The first kappa shape index (κ1) is 27.6. The second-order valence-electron chi connectivity index (χ2n) is 7.83. The van der Waals surface area contributed by atoms with E-state index >= 15 is 0 Å². The minimum absolute atomic E-state index is 0. The largest absolute Gasteiger partial charge is 0.357 e. The van der Waals surface area contributed by atoms with Crippen molar-refractivity contribution in [1.29, 1.82) is 0 Å². The summed E-state index contributed by atoms with van der Waals surface area (Å²) in [5.74, 6) is 0.936. The van der Waals surface area contributed by atoms with E-state index in [1.807, 2.05) is 25.7 Å². The van der Waals surface area contributed by atoms with Gasteiger partial charge in [0.25, 0.3) is 0 Å². The highest BCUT2D eigenvalue weighted by Gasteiger charge is 2.13. The summed E-state index contributed by atoms with van der Waals surface area (Å²) in [5.41, 5.74) is 2.54. The molecule has 0 aliphatic carbocycles. The third kappa shape index (κ3) is 10.2. The van der Waals surface area contributed by atoms with Crippen LogP contribution in [0.4, 0.5) is 0 Å². The van der Waals surface area contributed by atoms with Crippen molar-refractivity contribution in [3.05, 3.63) is 35.4 Å². The molecule has 176 valence electrons. The van der Waals surface area contributed by atoms with Crippen LogP contribution >= 0.6 is 24.0 Å². The quantitative estimate of drug-likeness (QED) is 0.269. The highest BCUT2D eigenvalue weighted by Crippen LogP contribution is 2.10. The van der Waals surface area contributed by atoms with Gasteiger partial charge in [-0.1, -0.05) is 24.3 Å². The molecule has 2 N–H and O–H groups in total. The first-order valence-corrected chi connectivity index (χ1v) is 11.3. The van der Waals surface area contributed by atoms with Crippen molar-refractivity contribution in [2.45, 2.75) is 40.3 Å². The lowest BCUT2D eigenvalue weighted by Crippen LogP contribution is -2.43. The van der Waals surface area contributed by atoms with Gasteiger partial charge < -0.3 is 20.4 Å². The zero-order valence-corrected chi connectivity index (χ0v) is 22.0. The number of halogens is 1. The molecule has 31 heavy (non-hydrogen) atoms. The minimum atomic E-state index is 0. The van der Waals surface area contributed by atoms with Crippen LogP contribution in [0.3, 0.4) is 0 Å². The molecule has 1 amide bonds. The maximum absolute atomic E-state index is 12.1. The molecule has 0 radical (unpaired) electrons. The van der Waals surface area contributed by atoms with Crippen molar-refractivity contribution in [3.8, 4) is 0 Å². The van der Waals surface area contributed by atoms with Gasteiger partial charge in [-0.15, -0.1) is 24.0 Å². The number of nitrogens with zero attached hydrogens (tertiary/aromatic N) is 4. The summed E-state index contributed by atoms with van der Waals surface area (Å²) in [6, 6.07) is 8.77. The van der Waals surface area contributed by atoms with Crippen molar-refractivity contribution < 1.29 is 4.79 Å². The Morgan fingerprint density at radius 3 is 2.19 bits per heavy atom. The smallest absolute Gasteiger partial charge is 0.224 e. The van der Waals surface area contributed by atoms with Gasteiger partial charge in [-0.2, -0.15) is 0 Å². The fourth-order valence-electron chi connectivity index (χ4n) is 3.55. The van der Waals surface area contributed by atoms with Gasteiger partial charge in [0.15, 0.2) is 5.96 Å². The van der Waals surface area contributed by atoms with Crippen molar-refractivity contribution in [3.63, 3.8) is 0 Å². The summed E-state index contributed by atoms with van der Waals surface area (Å²) in [4.78, 5) is 23.6. The fourth-order valence-corrected chi connectivity index (χ4v) is 3.55. The number of hydrogen-bond donors (Lipinski definition) is 2. The molecule has 0 spiro atoms. The van der Waals surface area contributed by atoms with Crippen LogP contribution in [-0.2, 0) is 17.9 Å². The van der Waals surface area contributed by atoms with E-state index < -0.39 is 0 Å². The Morgan fingerprint density at radius 2 is 1.61 bits per heavy atom. The first-order valence-electron chi connectivity index (χ1n) is 11.3. The molecule has 1 aromatic rings. The highest BCUT2D eigenvalue weighted by atomic mass is 127. The molecule has 0 saturated carbocycles. The molecule has 0 bridgehead atoms. The Hall–Kier alpha value is -1.39. The Kier molecular flexibility index (Phi) is 13.7. The van der Waals surface area contributed by atoms with E-state index in [9.17, 15) is 4.79 Å². The van der Waals surface area contributed by atoms with Crippen LogP contribution in [0, 0.1) is 0 Å². The van der Waals surface area contributed by atoms with Crippen LogP contribution in [0.15, 0.2) is 29.3 Å². The molecule has 1 aliphatic heterocycles. The average molecular weight is 545 g/mol. The van der Waals surface area contributed by atoms with Gasteiger partial charge >= 0.3 is 0 Å². The minimum Gasteiger partial charge on any atom is -0.357 e. The third-order valence-electron chi connectivity index (χ3n) is 5.54. The molecule has 7 nitrogen and oxygen atoms in total. The number of amides is 1. The van der Waals surface area contributed by atoms with E-state index in [0.29, 0.717) is 19.5 Å².